The van der Waals surface area contributed by atoms with Crippen LogP contribution in [0.3, 0.4) is 0 Å². The zero-order chi connectivity index (χ0) is 24.4. The summed E-state index contributed by atoms with van der Waals surface area (Å²) in [6, 6.07) is 0. The highest BCUT2D eigenvalue weighted by Crippen LogP contribution is 2.55. The lowest BCUT2D eigenvalue weighted by molar-refractivity contribution is -0.386. The standard InChI is InChI=1S/C22H36O5.C2H4O.C2H6.CH4/c1-5-10-21(14-25-27-19(13-23)15(21)4)20(24)26-22(6-2,7-3)18-12-16-8-9-17(18)11-16;1-2-3;1-2;/h5,15-19,23H,1,6-14H2,2-4H3;2H,1H3;1-2H3;1H4. The van der Waals surface area contributed by atoms with Crippen LogP contribution < -0.4 is 0 Å². The van der Waals surface area contributed by atoms with Gasteiger partial charge in [0, 0.05) is 11.8 Å². The number of allylic oxidation sites excluding steroid dienone is 1. The third-order valence-electron chi connectivity index (χ3n) is 7.94. The number of carbonyl (C=O) groups is 2. The monoisotopic (exact) mass is 470 g/mol. The van der Waals surface area contributed by atoms with Crippen molar-refractivity contribution in [1.29, 1.82) is 0 Å². The minimum absolute atomic E-state index is 0. The van der Waals surface area contributed by atoms with E-state index in [2.05, 4.69) is 20.4 Å². The second kappa shape index (κ2) is 14.9. The Morgan fingerprint density at radius 1 is 1.24 bits per heavy atom. The molecule has 0 radical (unpaired) electrons. The lowest BCUT2D eigenvalue weighted by Gasteiger charge is -2.47. The van der Waals surface area contributed by atoms with Crippen molar-refractivity contribution in [3.8, 4) is 0 Å². The topological polar surface area (TPSA) is 82.1 Å². The van der Waals surface area contributed by atoms with E-state index >= 15 is 0 Å². The normalized spacial score (nSPS) is 32.3. The van der Waals surface area contributed by atoms with Crippen LogP contribution in [0.5, 0.6) is 0 Å². The Morgan fingerprint density at radius 3 is 2.27 bits per heavy atom. The number of ether oxygens (including phenoxy) is 1. The molecule has 1 N–H and O–H groups in total. The van der Waals surface area contributed by atoms with Crippen molar-refractivity contribution in [3.05, 3.63) is 12.7 Å². The first-order chi connectivity index (χ1) is 15.4. The summed E-state index contributed by atoms with van der Waals surface area (Å²) in [5.74, 6) is 1.52. The smallest absolute Gasteiger partial charge is 0.315 e. The molecule has 1 aliphatic heterocycles. The molecule has 0 amide bonds. The number of rotatable bonds is 8. The maximum absolute atomic E-state index is 13.6. The maximum atomic E-state index is 13.6. The van der Waals surface area contributed by atoms with Crippen LogP contribution in [0.25, 0.3) is 0 Å². The average Bonchev–Trinajstić information content (AvgIpc) is 3.45. The van der Waals surface area contributed by atoms with E-state index in [4.69, 9.17) is 19.3 Å². The van der Waals surface area contributed by atoms with E-state index in [9.17, 15) is 9.90 Å². The van der Waals surface area contributed by atoms with E-state index in [1.807, 2.05) is 20.8 Å². The van der Waals surface area contributed by atoms with E-state index in [1.165, 1.54) is 32.6 Å². The number of carbonyl (C=O) groups excluding carboxylic acids is 2. The van der Waals surface area contributed by atoms with Crippen LogP contribution in [-0.2, 0) is 24.1 Å². The van der Waals surface area contributed by atoms with Gasteiger partial charge in [0.1, 0.15) is 23.4 Å². The molecule has 2 aliphatic carbocycles. The Bertz CT molecular complexity index is 587. The van der Waals surface area contributed by atoms with Crippen LogP contribution in [0, 0.1) is 29.1 Å². The number of aliphatic hydroxyl groups is 1. The van der Waals surface area contributed by atoms with E-state index in [0.717, 1.165) is 25.0 Å². The van der Waals surface area contributed by atoms with Gasteiger partial charge >= 0.3 is 5.97 Å². The first-order valence-corrected chi connectivity index (χ1v) is 12.5. The van der Waals surface area contributed by atoms with Crippen molar-refractivity contribution in [2.45, 2.75) is 106 Å². The van der Waals surface area contributed by atoms with Crippen molar-refractivity contribution < 1.29 is 29.2 Å². The summed E-state index contributed by atoms with van der Waals surface area (Å²) in [5, 5.41) is 9.63. The Hall–Kier alpha value is -1.24. The zero-order valence-electron chi connectivity index (χ0n) is 21.1. The minimum Gasteiger partial charge on any atom is -0.458 e. The molecule has 6 atom stereocenters. The molecule has 194 valence electrons. The fraction of sp³-hybridized carbons (Fsp3) is 0.852. The Labute approximate surface area is 202 Å². The third kappa shape index (κ3) is 6.67. The highest BCUT2D eigenvalue weighted by atomic mass is 17.2. The van der Waals surface area contributed by atoms with Gasteiger partial charge in [0.15, 0.2) is 0 Å². The first-order valence-electron chi connectivity index (χ1n) is 12.5. The van der Waals surface area contributed by atoms with Gasteiger partial charge in [-0.3, -0.25) is 4.79 Å². The molecule has 2 saturated carbocycles. The molecule has 2 bridgehead atoms. The Balaban J connectivity index is 0.00000158. The van der Waals surface area contributed by atoms with Gasteiger partial charge in [0.05, 0.1) is 13.2 Å². The SMILES string of the molecule is C.C=CCC1(C(=O)OC(CC)(CC)C2CC3CCC2C3)COOC(CO)C1C.CC.CC=O. The van der Waals surface area contributed by atoms with E-state index in [-0.39, 0.29) is 32.5 Å². The van der Waals surface area contributed by atoms with E-state index < -0.39 is 17.1 Å². The lowest BCUT2D eigenvalue weighted by atomic mass is 9.70. The van der Waals surface area contributed by atoms with Crippen LogP contribution in [0.2, 0.25) is 0 Å². The quantitative estimate of drug-likeness (QED) is 0.205. The third-order valence-corrected chi connectivity index (χ3v) is 7.94. The van der Waals surface area contributed by atoms with E-state index in [0.29, 0.717) is 18.3 Å². The van der Waals surface area contributed by atoms with Gasteiger partial charge < -0.3 is 14.6 Å². The van der Waals surface area contributed by atoms with Gasteiger partial charge in [0.2, 0.25) is 0 Å². The van der Waals surface area contributed by atoms with Crippen LogP contribution >= 0.6 is 0 Å². The van der Waals surface area contributed by atoms with Gasteiger partial charge in [-0.25, -0.2) is 9.78 Å². The van der Waals surface area contributed by atoms with Crippen molar-refractivity contribution in [3.63, 3.8) is 0 Å². The first kappa shape index (κ1) is 31.8. The molecule has 1 heterocycles. The number of esters is 1. The summed E-state index contributed by atoms with van der Waals surface area (Å²) < 4.78 is 6.43. The van der Waals surface area contributed by atoms with Gasteiger partial charge in [-0.15, -0.1) is 6.58 Å². The highest BCUT2D eigenvalue weighted by molar-refractivity contribution is 5.78. The van der Waals surface area contributed by atoms with Crippen LogP contribution in [-0.4, -0.2) is 42.3 Å². The lowest BCUT2D eigenvalue weighted by Crippen LogP contribution is -2.55. The molecule has 0 aromatic rings. The molecule has 0 aromatic heterocycles. The summed E-state index contributed by atoms with van der Waals surface area (Å²) in [4.78, 5) is 32.9. The fourth-order valence-corrected chi connectivity index (χ4v) is 5.99. The van der Waals surface area contributed by atoms with Crippen LogP contribution in [0.4, 0.5) is 0 Å². The van der Waals surface area contributed by atoms with Crippen LogP contribution in [0.15, 0.2) is 12.7 Å². The van der Waals surface area contributed by atoms with Gasteiger partial charge in [0.25, 0.3) is 0 Å². The van der Waals surface area contributed by atoms with E-state index in [1.54, 1.807) is 6.08 Å². The second-order valence-corrected chi connectivity index (χ2v) is 9.20. The number of aliphatic hydroxyl groups excluding tert-OH is 1. The second-order valence-electron chi connectivity index (χ2n) is 9.20. The van der Waals surface area contributed by atoms with Gasteiger partial charge in [-0.2, -0.15) is 0 Å². The molecular formula is C27H50O6. The van der Waals surface area contributed by atoms with Crippen molar-refractivity contribution >= 4 is 12.3 Å². The van der Waals surface area contributed by atoms with Crippen molar-refractivity contribution in [1.82, 2.24) is 0 Å². The van der Waals surface area contributed by atoms with Crippen molar-refractivity contribution in [2.24, 2.45) is 29.1 Å². The molecule has 6 heteroatoms. The van der Waals surface area contributed by atoms with Crippen molar-refractivity contribution in [2.75, 3.05) is 13.2 Å². The molecule has 3 fully saturated rings. The largest absolute Gasteiger partial charge is 0.458 e. The average molecular weight is 471 g/mol. The Kier molecular flexibility index (Phi) is 14.3. The summed E-state index contributed by atoms with van der Waals surface area (Å²) in [7, 11) is 0. The number of aldehydes is 1. The summed E-state index contributed by atoms with van der Waals surface area (Å²) in [6.45, 7) is 15.5. The molecular weight excluding hydrogens is 420 g/mol. The summed E-state index contributed by atoms with van der Waals surface area (Å²) in [5.41, 5.74) is -1.27. The van der Waals surface area contributed by atoms with Crippen LogP contribution in [0.1, 0.15) is 93.9 Å². The number of fused-ring (bicyclic) bond motifs is 2. The number of hydrogen-bond acceptors (Lipinski definition) is 6. The molecule has 3 aliphatic rings. The number of hydrogen-bond donors (Lipinski definition) is 1. The Morgan fingerprint density at radius 2 is 1.85 bits per heavy atom. The summed E-state index contributed by atoms with van der Waals surface area (Å²) in [6.07, 6.45) is 9.16. The molecule has 6 nitrogen and oxygen atoms in total. The zero-order valence-corrected chi connectivity index (χ0v) is 21.1. The maximum Gasteiger partial charge on any atom is 0.315 e. The molecule has 0 spiro atoms. The van der Waals surface area contributed by atoms with Gasteiger partial charge in [-0.05, 0) is 57.3 Å². The fourth-order valence-electron chi connectivity index (χ4n) is 5.99. The highest BCUT2D eigenvalue weighted by Gasteiger charge is 2.56. The predicted molar refractivity (Wildman–Crippen MR) is 132 cm³/mol. The molecule has 0 aromatic carbocycles. The molecule has 33 heavy (non-hydrogen) atoms. The molecule has 6 unspecified atom stereocenters. The molecule has 3 rings (SSSR count). The molecule has 1 saturated heterocycles. The summed E-state index contributed by atoms with van der Waals surface area (Å²) >= 11 is 0. The minimum atomic E-state index is -0.861. The predicted octanol–water partition coefficient (Wildman–Crippen LogP) is 5.91. The van der Waals surface area contributed by atoms with Gasteiger partial charge in [-0.1, -0.05) is 54.5 Å².